The maximum absolute atomic E-state index is 13.6. The molecule has 45 heavy (non-hydrogen) atoms. The van der Waals surface area contributed by atoms with Gasteiger partial charge in [0.2, 0.25) is 0 Å². The Kier molecular flexibility index (Phi) is 10.2. The topological polar surface area (TPSA) is 38.9 Å². The van der Waals surface area contributed by atoms with Crippen molar-refractivity contribution in [3.63, 3.8) is 0 Å². The minimum Gasteiger partial charge on any atom is -0.501 e. The summed E-state index contributed by atoms with van der Waals surface area (Å²) in [4.78, 5) is 9.12. The number of fused-ring (bicyclic) bond motifs is 3. The molecule has 0 amide bonds. The maximum atomic E-state index is 13.6. The van der Waals surface area contributed by atoms with Crippen molar-refractivity contribution in [3.05, 3.63) is 114 Å². The van der Waals surface area contributed by atoms with E-state index < -0.39 is 14.0 Å². The standard InChI is InChI=1S/C20H15FNO.C19H26NSi.Ir/c1-12(2)13-8-9-22-18(10-13)16-5-3-4-15-17-11-14(21)6-7-19(17)23-20(15)16;1-19(2,3)13-16-12-17(15-10-8-7-9-11-15)20-14-18(16)21(4,5)6;/h3-4,6-12H,1-2H3;7-10,12,14H,13H2,1-6H3;/q2*-1;/i12D;;. The Hall–Kier alpha value is -3.44. The summed E-state index contributed by atoms with van der Waals surface area (Å²) in [6, 6.07) is 28.7. The Bertz CT molecular complexity index is 1950. The van der Waals surface area contributed by atoms with Crippen molar-refractivity contribution >= 4 is 35.2 Å². The molecule has 6 aromatic rings. The van der Waals surface area contributed by atoms with Crippen molar-refractivity contribution in [1.82, 2.24) is 9.97 Å². The summed E-state index contributed by atoms with van der Waals surface area (Å²) in [5.74, 6) is -1.02. The van der Waals surface area contributed by atoms with Crippen LogP contribution in [0.5, 0.6) is 0 Å². The zero-order chi connectivity index (χ0) is 32.6. The monoisotopic (exact) mass is 794 g/mol. The van der Waals surface area contributed by atoms with E-state index in [9.17, 15) is 4.39 Å². The number of pyridine rings is 2. The van der Waals surface area contributed by atoms with Crippen molar-refractivity contribution in [3.8, 4) is 22.5 Å². The normalized spacial score (nSPS) is 12.3. The predicted octanol–water partition coefficient (Wildman–Crippen LogP) is 10.4. The largest absolute Gasteiger partial charge is 0.501 e. The smallest absolute Gasteiger partial charge is 0.124 e. The summed E-state index contributed by atoms with van der Waals surface area (Å²) in [7, 11) is -1.37. The van der Waals surface area contributed by atoms with Crippen molar-refractivity contribution in [2.24, 2.45) is 5.41 Å². The van der Waals surface area contributed by atoms with Crippen LogP contribution in [0, 0.1) is 23.4 Å². The van der Waals surface area contributed by atoms with Crippen LogP contribution < -0.4 is 5.19 Å². The van der Waals surface area contributed by atoms with Gasteiger partial charge in [0.05, 0.1) is 13.7 Å². The summed E-state index contributed by atoms with van der Waals surface area (Å²) in [5, 5.41) is 3.05. The third kappa shape index (κ3) is 8.24. The fourth-order valence-electron chi connectivity index (χ4n) is 5.37. The number of halogens is 1. The van der Waals surface area contributed by atoms with Gasteiger partial charge in [0, 0.05) is 39.3 Å². The zero-order valence-electron chi connectivity index (χ0n) is 28.3. The number of hydrogen-bond donors (Lipinski definition) is 0. The maximum Gasteiger partial charge on any atom is 0.124 e. The van der Waals surface area contributed by atoms with Crippen LogP contribution in [0.3, 0.4) is 0 Å². The zero-order valence-corrected chi connectivity index (χ0v) is 30.7. The first-order chi connectivity index (χ1) is 21.1. The van der Waals surface area contributed by atoms with E-state index in [1.165, 1.54) is 22.9 Å². The molecular formula is C39H41FIrN2OSi-2. The molecular weight excluding hydrogens is 752 g/mol. The van der Waals surface area contributed by atoms with E-state index in [1.807, 2.05) is 50.2 Å². The van der Waals surface area contributed by atoms with Gasteiger partial charge in [-0.05, 0) is 58.6 Å². The number of nitrogens with zero attached hydrogens (tertiary/aromatic N) is 2. The minimum absolute atomic E-state index is 0. The van der Waals surface area contributed by atoms with Gasteiger partial charge in [-0.1, -0.05) is 88.5 Å². The summed E-state index contributed by atoms with van der Waals surface area (Å²) >= 11 is 0. The molecule has 235 valence electrons. The predicted molar refractivity (Wildman–Crippen MR) is 184 cm³/mol. The average Bonchev–Trinajstić information content (AvgIpc) is 3.34. The molecule has 0 atom stereocenters. The Morgan fingerprint density at radius 3 is 2.36 bits per heavy atom. The molecule has 1 radical (unpaired) electrons. The molecule has 0 saturated heterocycles. The van der Waals surface area contributed by atoms with Crippen molar-refractivity contribution in [2.75, 3.05) is 0 Å². The van der Waals surface area contributed by atoms with E-state index in [1.54, 1.807) is 18.3 Å². The van der Waals surface area contributed by atoms with Crippen LogP contribution in [0.15, 0.2) is 89.6 Å². The second-order valence-electron chi connectivity index (χ2n) is 13.8. The molecule has 3 aromatic heterocycles. The molecule has 0 bridgehead atoms. The molecule has 3 heterocycles. The van der Waals surface area contributed by atoms with Crippen LogP contribution in [0.4, 0.5) is 4.39 Å². The first-order valence-corrected chi connectivity index (χ1v) is 18.6. The molecule has 0 saturated carbocycles. The van der Waals surface area contributed by atoms with E-state index in [-0.39, 0.29) is 31.3 Å². The molecule has 3 nitrogen and oxygen atoms in total. The second-order valence-corrected chi connectivity index (χ2v) is 18.8. The van der Waals surface area contributed by atoms with Gasteiger partial charge >= 0.3 is 0 Å². The third-order valence-corrected chi connectivity index (χ3v) is 9.56. The van der Waals surface area contributed by atoms with Gasteiger partial charge in [0.25, 0.3) is 0 Å². The molecule has 0 spiro atoms. The number of aromatic nitrogens is 2. The Morgan fingerprint density at radius 2 is 1.69 bits per heavy atom. The van der Waals surface area contributed by atoms with Gasteiger partial charge in [-0.3, -0.25) is 0 Å². The van der Waals surface area contributed by atoms with Crippen LogP contribution in [0.25, 0.3) is 44.5 Å². The first-order valence-electron chi connectivity index (χ1n) is 15.6. The molecule has 0 aliphatic rings. The number of rotatable bonds is 5. The second kappa shape index (κ2) is 13.9. The molecule has 0 unspecified atom stereocenters. The molecule has 0 aliphatic carbocycles. The van der Waals surface area contributed by atoms with Crippen LogP contribution >= 0.6 is 0 Å². The van der Waals surface area contributed by atoms with Gasteiger partial charge in [-0.2, -0.15) is 0 Å². The van der Waals surface area contributed by atoms with Gasteiger partial charge < -0.3 is 14.4 Å². The minimum atomic E-state index is -1.37. The van der Waals surface area contributed by atoms with Gasteiger partial charge in [-0.15, -0.1) is 54.1 Å². The van der Waals surface area contributed by atoms with Crippen LogP contribution in [-0.4, -0.2) is 18.0 Å². The summed E-state index contributed by atoms with van der Waals surface area (Å²) < 4.78 is 27.7. The van der Waals surface area contributed by atoms with Gasteiger partial charge in [-0.25, -0.2) is 4.39 Å². The van der Waals surface area contributed by atoms with E-state index >= 15 is 0 Å². The summed E-state index contributed by atoms with van der Waals surface area (Å²) in [5.41, 5.74) is 7.39. The quantitative estimate of drug-likeness (QED) is 0.129. The van der Waals surface area contributed by atoms with Crippen molar-refractivity contribution in [2.45, 2.75) is 66.6 Å². The van der Waals surface area contributed by atoms with Gasteiger partial charge in [0.15, 0.2) is 0 Å². The Balaban J connectivity index is 0.000000207. The molecule has 6 heteroatoms. The van der Waals surface area contributed by atoms with Crippen LogP contribution in [0.2, 0.25) is 19.6 Å². The average molecular weight is 794 g/mol. The summed E-state index contributed by atoms with van der Waals surface area (Å²) in [6.45, 7) is 17.8. The number of benzene rings is 3. The molecule has 0 fully saturated rings. The number of hydrogen-bond acceptors (Lipinski definition) is 3. The number of furan rings is 1. The van der Waals surface area contributed by atoms with E-state index in [0.717, 1.165) is 39.6 Å². The van der Waals surface area contributed by atoms with E-state index in [2.05, 4.69) is 75.9 Å². The summed E-state index contributed by atoms with van der Waals surface area (Å²) in [6.07, 6.45) is 4.90. The fourth-order valence-corrected chi connectivity index (χ4v) is 6.95. The molecule has 6 rings (SSSR count). The van der Waals surface area contributed by atoms with Crippen LogP contribution in [0.1, 0.15) is 53.0 Å². The SMILES string of the molecule is CC(C)(C)Cc1cc(-c2[c-]cccc2)ncc1[Si](C)(C)C.[2H]C(C)(C)c1ccnc(-c2[c-]ccc3c2oc2ccc(F)cc23)c1.[Ir]. The molecule has 0 aliphatic heterocycles. The Morgan fingerprint density at radius 1 is 0.911 bits per heavy atom. The molecule has 0 N–H and O–H groups in total. The van der Waals surface area contributed by atoms with Crippen molar-refractivity contribution in [1.29, 1.82) is 0 Å². The third-order valence-electron chi connectivity index (χ3n) is 7.49. The van der Waals surface area contributed by atoms with Crippen molar-refractivity contribution < 1.29 is 30.3 Å². The fraction of sp³-hybridized carbons (Fsp3) is 0.282. The van der Waals surface area contributed by atoms with E-state index in [0.29, 0.717) is 16.9 Å². The van der Waals surface area contributed by atoms with E-state index in [4.69, 9.17) is 10.8 Å². The molecule has 3 aromatic carbocycles. The van der Waals surface area contributed by atoms with Gasteiger partial charge in [0.1, 0.15) is 11.4 Å². The first kappa shape index (κ1) is 32.9. The van der Waals surface area contributed by atoms with Crippen LogP contribution in [-0.2, 0) is 26.5 Å². The Labute approximate surface area is 283 Å².